The number of hydrogen-bond acceptors (Lipinski definition) is 2. The van der Waals surface area contributed by atoms with Gasteiger partial charge in [0.2, 0.25) is 0 Å². The van der Waals surface area contributed by atoms with E-state index in [0.29, 0.717) is 12.0 Å². The fourth-order valence-corrected chi connectivity index (χ4v) is 2.55. The highest BCUT2D eigenvalue weighted by atomic mass is 19.4. The van der Waals surface area contributed by atoms with E-state index in [2.05, 4.69) is 0 Å². The number of nitrogens with two attached hydrogens (primary N) is 1. The average molecular weight is 293 g/mol. The Labute approximate surface area is 120 Å². The topological polar surface area (TPSA) is 35.2 Å². The van der Waals surface area contributed by atoms with Crippen LogP contribution in [-0.2, 0) is 12.6 Å². The standard InChI is InChI=1S/C16H14F3NO/c17-16(18,19)12-6-3-5-11(8-12)15(20)14-9-10-4-1-2-7-13(10)21-14/h1-8,14-15H,9,20H2. The average Bonchev–Trinajstić information content (AvgIpc) is 2.89. The smallest absolute Gasteiger partial charge is 0.416 e. The van der Waals surface area contributed by atoms with Crippen molar-refractivity contribution in [2.24, 2.45) is 5.73 Å². The minimum absolute atomic E-state index is 0.342. The van der Waals surface area contributed by atoms with Crippen LogP contribution in [0.1, 0.15) is 22.7 Å². The lowest BCUT2D eigenvalue weighted by atomic mass is 9.97. The minimum atomic E-state index is -4.37. The van der Waals surface area contributed by atoms with Crippen LogP contribution in [0.3, 0.4) is 0 Å². The number of hydrogen-bond donors (Lipinski definition) is 1. The molecule has 1 aliphatic rings. The SMILES string of the molecule is NC(c1cccc(C(F)(F)F)c1)C1Cc2ccccc2O1. The first-order valence-electron chi connectivity index (χ1n) is 6.62. The second kappa shape index (κ2) is 5.07. The molecule has 2 aromatic carbocycles. The zero-order chi connectivity index (χ0) is 15.0. The number of para-hydroxylation sites is 1. The van der Waals surface area contributed by atoms with Crippen molar-refractivity contribution in [1.82, 2.24) is 0 Å². The van der Waals surface area contributed by atoms with Crippen molar-refractivity contribution < 1.29 is 17.9 Å². The number of ether oxygens (including phenoxy) is 1. The zero-order valence-corrected chi connectivity index (χ0v) is 11.1. The number of rotatable bonds is 2. The molecule has 21 heavy (non-hydrogen) atoms. The van der Waals surface area contributed by atoms with E-state index in [4.69, 9.17) is 10.5 Å². The third-order valence-electron chi connectivity index (χ3n) is 3.67. The maximum absolute atomic E-state index is 12.8. The molecule has 110 valence electrons. The van der Waals surface area contributed by atoms with Crippen molar-refractivity contribution in [3.05, 3.63) is 65.2 Å². The quantitative estimate of drug-likeness (QED) is 0.916. The summed E-state index contributed by atoms with van der Waals surface area (Å²) in [6, 6.07) is 12.1. The molecular weight excluding hydrogens is 279 g/mol. The van der Waals surface area contributed by atoms with E-state index in [9.17, 15) is 13.2 Å². The second-order valence-corrected chi connectivity index (χ2v) is 5.12. The van der Waals surface area contributed by atoms with Gasteiger partial charge in [-0.05, 0) is 29.3 Å². The molecule has 0 aromatic heterocycles. The molecule has 3 rings (SSSR count). The zero-order valence-electron chi connectivity index (χ0n) is 11.1. The second-order valence-electron chi connectivity index (χ2n) is 5.12. The molecule has 0 bridgehead atoms. The van der Waals surface area contributed by atoms with Gasteiger partial charge in [0, 0.05) is 6.42 Å². The lowest BCUT2D eigenvalue weighted by Crippen LogP contribution is -2.30. The van der Waals surface area contributed by atoms with Gasteiger partial charge < -0.3 is 10.5 Å². The highest BCUT2D eigenvalue weighted by molar-refractivity contribution is 5.39. The number of fused-ring (bicyclic) bond motifs is 1. The molecule has 0 amide bonds. The maximum Gasteiger partial charge on any atom is 0.416 e. The minimum Gasteiger partial charge on any atom is -0.488 e. The summed E-state index contributed by atoms with van der Waals surface area (Å²) in [6.07, 6.45) is -4.10. The van der Waals surface area contributed by atoms with Crippen LogP contribution < -0.4 is 10.5 Å². The van der Waals surface area contributed by atoms with E-state index in [1.807, 2.05) is 24.3 Å². The summed E-state index contributed by atoms with van der Waals surface area (Å²) >= 11 is 0. The molecular formula is C16H14F3NO. The number of halogens is 3. The monoisotopic (exact) mass is 293 g/mol. The van der Waals surface area contributed by atoms with Crippen molar-refractivity contribution >= 4 is 0 Å². The van der Waals surface area contributed by atoms with Gasteiger partial charge in [0.1, 0.15) is 11.9 Å². The molecule has 1 aliphatic heterocycles. The molecule has 2 atom stereocenters. The van der Waals surface area contributed by atoms with Crippen LogP contribution in [0.5, 0.6) is 5.75 Å². The van der Waals surface area contributed by atoms with Crippen LogP contribution in [0.2, 0.25) is 0 Å². The van der Waals surface area contributed by atoms with Crippen LogP contribution in [0, 0.1) is 0 Å². The molecule has 5 heteroatoms. The summed E-state index contributed by atoms with van der Waals surface area (Å²) in [6.45, 7) is 0. The largest absolute Gasteiger partial charge is 0.488 e. The molecule has 2 aromatic rings. The predicted molar refractivity (Wildman–Crippen MR) is 72.9 cm³/mol. The van der Waals surface area contributed by atoms with Gasteiger partial charge in [0.05, 0.1) is 11.6 Å². The molecule has 2 N–H and O–H groups in total. The van der Waals surface area contributed by atoms with Crippen LogP contribution in [0.4, 0.5) is 13.2 Å². The highest BCUT2D eigenvalue weighted by Gasteiger charge is 2.33. The van der Waals surface area contributed by atoms with E-state index in [-0.39, 0.29) is 6.10 Å². The molecule has 0 fully saturated rings. The van der Waals surface area contributed by atoms with Gasteiger partial charge in [0.15, 0.2) is 0 Å². The molecule has 0 spiro atoms. The van der Waals surface area contributed by atoms with Crippen LogP contribution in [0.25, 0.3) is 0 Å². The van der Waals surface area contributed by atoms with Crippen molar-refractivity contribution in [1.29, 1.82) is 0 Å². The molecule has 0 saturated carbocycles. The van der Waals surface area contributed by atoms with Crippen molar-refractivity contribution in [3.8, 4) is 5.75 Å². The van der Waals surface area contributed by atoms with Crippen molar-refractivity contribution in [3.63, 3.8) is 0 Å². The van der Waals surface area contributed by atoms with Gasteiger partial charge in [-0.25, -0.2) is 0 Å². The first-order chi connectivity index (χ1) is 9.95. The first-order valence-corrected chi connectivity index (χ1v) is 6.62. The van der Waals surface area contributed by atoms with Crippen molar-refractivity contribution in [2.45, 2.75) is 24.7 Å². The molecule has 1 heterocycles. The molecule has 2 nitrogen and oxygen atoms in total. The highest BCUT2D eigenvalue weighted by Crippen LogP contribution is 2.35. The van der Waals surface area contributed by atoms with Crippen LogP contribution in [-0.4, -0.2) is 6.10 Å². The van der Waals surface area contributed by atoms with E-state index < -0.39 is 17.8 Å². The fourth-order valence-electron chi connectivity index (χ4n) is 2.55. The summed E-state index contributed by atoms with van der Waals surface area (Å²) in [4.78, 5) is 0. The van der Waals surface area contributed by atoms with E-state index in [0.717, 1.165) is 23.4 Å². The summed E-state index contributed by atoms with van der Waals surface area (Å²) < 4.78 is 44.0. The fraction of sp³-hybridized carbons (Fsp3) is 0.250. The van der Waals surface area contributed by atoms with E-state index in [1.54, 1.807) is 6.07 Å². The van der Waals surface area contributed by atoms with E-state index >= 15 is 0 Å². The normalized spacial score (nSPS) is 19.0. The third kappa shape index (κ3) is 2.74. The Morgan fingerprint density at radius 2 is 1.86 bits per heavy atom. The Morgan fingerprint density at radius 1 is 1.10 bits per heavy atom. The Morgan fingerprint density at radius 3 is 2.57 bits per heavy atom. The summed E-state index contributed by atoms with van der Waals surface area (Å²) in [5.41, 5.74) is 6.88. The summed E-state index contributed by atoms with van der Waals surface area (Å²) in [5, 5.41) is 0. The molecule has 0 aliphatic carbocycles. The van der Waals surface area contributed by atoms with Gasteiger partial charge >= 0.3 is 6.18 Å². The Balaban J connectivity index is 1.83. The maximum atomic E-state index is 12.8. The van der Waals surface area contributed by atoms with Crippen molar-refractivity contribution in [2.75, 3.05) is 0 Å². The van der Waals surface area contributed by atoms with Crippen LogP contribution >= 0.6 is 0 Å². The lowest BCUT2D eigenvalue weighted by molar-refractivity contribution is -0.137. The number of alkyl halides is 3. The Bertz CT molecular complexity index is 629. The van der Waals surface area contributed by atoms with Gasteiger partial charge in [-0.2, -0.15) is 13.2 Å². The Kier molecular flexibility index (Phi) is 3.37. The summed E-state index contributed by atoms with van der Waals surface area (Å²) in [7, 11) is 0. The van der Waals surface area contributed by atoms with Gasteiger partial charge in [-0.1, -0.05) is 30.3 Å². The lowest BCUT2D eigenvalue weighted by Gasteiger charge is -2.20. The van der Waals surface area contributed by atoms with Gasteiger partial charge in [-0.15, -0.1) is 0 Å². The van der Waals surface area contributed by atoms with Gasteiger partial charge in [-0.3, -0.25) is 0 Å². The third-order valence-corrected chi connectivity index (χ3v) is 3.67. The molecule has 2 unspecified atom stereocenters. The summed E-state index contributed by atoms with van der Waals surface area (Å²) in [5.74, 6) is 0.755. The Hall–Kier alpha value is -2.01. The predicted octanol–water partition coefficient (Wildman–Crippen LogP) is 3.71. The first kappa shape index (κ1) is 13.9. The molecule has 0 radical (unpaired) electrons. The molecule has 0 saturated heterocycles. The van der Waals surface area contributed by atoms with Gasteiger partial charge in [0.25, 0.3) is 0 Å². The number of benzene rings is 2. The van der Waals surface area contributed by atoms with Crippen LogP contribution in [0.15, 0.2) is 48.5 Å². The van der Waals surface area contributed by atoms with E-state index in [1.165, 1.54) is 6.07 Å².